The van der Waals surface area contributed by atoms with Crippen LogP contribution in [-0.4, -0.2) is 23.6 Å². The van der Waals surface area contributed by atoms with Crippen LogP contribution in [0.25, 0.3) is 17.2 Å². The van der Waals surface area contributed by atoms with Crippen LogP contribution in [-0.2, 0) is 13.0 Å². The number of aromatic nitrogens is 2. The molecule has 0 radical (unpaired) electrons. The molecule has 0 amide bonds. The average molecular weight is 478 g/mol. The molecule has 0 saturated heterocycles. The van der Waals surface area contributed by atoms with Crippen molar-refractivity contribution in [2.45, 2.75) is 32.9 Å². The third-order valence-corrected chi connectivity index (χ3v) is 6.62. The van der Waals surface area contributed by atoms with E-state index < -0.39 is 0 Å². The maximum absolute atomic E-state index is 6.15. The van der Waals surface area contributed by atoms with Gasteiger partial charge in [0.2, 0.25) is 0 Å². The second-order valence-corrected chi connectivity index (χ2v) is 9.11. The maximum atomic E-state index is 6.15. The number of rotatable bonds is 7. The summed E-state index contributed by atoms with van der Waals surface area (Å²) in [7, 11) is 1.70. The number of benzene rings is 3. The molecule has 4 aromatic rings. The van der Waals surface area contributed by atoms with Crippen molar-refractivity contribution in [1.29, 1.82) is 0 Å². The number of hydrogen-bond acceptors (Lipinski definition) is 5. The number of nitrogens with one attached hydrogen (secondary N) is 1. The Morgan fingerprint density at radius 3 is 2.53 bits per heavy atom. The summed E-state index contributed by atoms with van der Waals surface area (Å²) < 4.78 is 11.9. The topological polar surface area (TPSA) is 56.3 Å². The van der Waals surface area contributed by atoms with Gasteiger partial charge in [-0.3, -0.25) is 0 Å². The van der Waals surface area contributed by atoms with E-state index >= 15 is 0 Å². The van der Waals surface area contributed by atoms with Gasteiger partial charge >= 0.3 is 0 Å². The van der Waals surface area contributed by atoms with Gasteiger partial charge in [0, 0.05) is 24.5 Å². The zero-order chi connectivity index (χ0) is 24.9. The molecule has 5 heteroatoms. The first-order chi connectivity index (χ1) is 17.6. The van der Waals surface area contributed by atoms with Crippen molar-refractivity contribution in [2.75, 3.05) is 13.7 Å². The summed E-state index contributed by atoms with van der Waals surface area (Å²) in [5.41, 5.74) is 8.17. The number of ether oxygens (including phenoxy) is 2. The summed E-state index contributed by atoms with van der Waals surface area (Å²) >= 11 is 0. The Hall–Kier alpha value is -3.96. The van der Waals surface area contributed by atoms with Crippen molar-refractivity contribution < 1.29 is 9.47 Å². The first-order valence-electron chi connectivity index (χ1n) is 12.3. The lowest BCUT2D eigenvalue weighted by molar-refractivity contribution is 0.283. The van der Waals surface area contributed by atoms with Crippen LogP contribution in [0.3, 0.4) is 0 Å². The predicted molar refractivity (Wildman–Crippen MR) is 144 cm³/mol. The molecular formula is C31H31N3O2. The SMILES string of the molecule is COc1cc2c(cc1OCc1ccccc1)CCNC2/C=C/c1cc(-c2cnc(C)nc2)ccc1C. The number of methoxy groups -OCH3 is 1. The van der Waals surface area contributed by atoms with E-state index in [0.717, 1.165) is 47.0 Å². The van der Waals surface area contributed by atoms with Gasteiger partial charge in [0.05, 0.1) is 13.2 Å². The van der Waals surface area contributed by atoms with E-state index in [1.54, 1.807) is 7.11 Å². The Morgan fingerprint density at radius 2 is 1.75 bits per heavy atom. The highest BCUT2D eigenvalue weighted by molar-refractivity contribution is 5.68. The largest absolute Gasteiger partial charge is 0.493 e. The molecule has 0 fully saturated rings. The molecule has 0 bridgehead atoms. The first kappa shape index (κ1) is 23.8. The van der Waals surface area contributed by atoms with Crippen LogP contribution in [0.5, 0.6) is 11.5 Å². The van der Waals surface area contributed by atoms with Gasteiger partial charge in [-0.25, -0.2) is 9.97 Å². The molecule has 1 aromatic heterocycles. The molecule has 3 aromatic carbocycles. The highest BCUT2D eigenvalue weighted by atomic mass is 16.5. The Balaban J connectivity index is 1.39. The van der Waals surface area contributed by atoms with Gasteiger partial charge in [-0.15, -0.1) is 0 Å². The van der Waals surface area contributed by atoms with Crippen molar-refractivity contribution in [2.24, 2.45) is 0 Å². The zero-order valence-electron chi connectivity index (χ0n) is 21.0. The maximum Gasteiger partial charge on any atom is 0.161 e. The molecule has 1 N–H and O–H groups in total. The van der Waals surface area contributed by atoms with E-state index in [9.17, 15) is 0 Å². The molecule has 2 heterocycles. The quantitative estimate of drug-likeness (QED) is 0.341. The fourth-order valence-corrected chi connectivity index (χ4v) is 4.52. The summed E-state index contributed by atoms with van der Waals surface area (Å²) in [4.78, 5) is 8.69. The fourth-order valence-electron chi connectivity index (χ4n) is 4.52. The van der Waals surface area contributed by atoms with Gasteiger partial charge in [0.1, 0.15) is 12.4 Å². The number of nitrogens with zero attached hydrogens (tertiary/aromatic N) is 2. The smallest absolute Gasteiger partial charge is 0.161 e. The molecule has 0 saturated carbocycles. The minimum absolute atomic E-state index is 0.0941. The van der Waals surface area contributed by atoms with E-state index in [0.29, 0.717) is 6.61 Å². The highest BCUT2D eigenvalue weighted by Gasteiger charge is 2.21. The van der Waals surface area contributed by atoms with Gasteiger partial charge in [-0.1, -0.05) is 54.6 Å². The standard InChI is InChI=1S/C31H31N3O2/c1-21-9-10-25(27-18-33-22(2)34-19-27)15-24(21)11-12-29-28-17-30(35-3)31(16-26(28)13-14-32-29)36-20-23-7-5-4-6-8-23/h4-12,15-19,29,32H,13-14,20H2,1-3H3/b12-11+. The van der Waals surface area contributed by atoms with E-state index in [2.05, 4.69) is 76.8 Å². The Morgan fingerprint density at radius 1 is 0.944 bits per heavy atom. The lowest BCUT2D eigenvalue weighted by Crippen LogP contribution is -2.28. The molecule has 36 heavy (non-hydrogen) atoms. The summed E-state index contributed by atoms with van der Waals surface area (Å²) in [5.74, 6) is 2.31. The number of fused-ring (bicyclic) bond motifs is 1. The molecule has 0 spiro atoms. The summed E-state index contributed by atoms with van der Waals surface area (Å²) in [6, 6.07) is 21.0. The van der Waals surface area contributed by atoms with E-state index in [4.69, 9.17) is 9.47 Å². The van der Waals surface area contributed by atoms with Crippen LogP contribution in [0.4, 0.5) is 0 Å². The molecule has 1 unspecified atom stereocenters. The third-order valence-electron chi connectivity index (χ3n) is 6.62. The average Bonchev–Trinajstić information content (AvgIpc) is 2.92. The lowest BCUT2D eigenvalue weighted by atomic mass is 9.92. The van der Waals surface area contributed by atoms with E-state index in [-0.39, 0.29) is 6.04 Å². The van der Waals surface area contributed by atoms with Gasteiger partial charge < -0.3 is 14.8 Å². The fraction of sp³-hybridized carbons (Fsp3) is 0.226. The van der Waals surface area contributed by atoms with Gasteiger partial charge in [0.25, 0.3) is 0 Å². The lowest BCUT2D eigenvalue weighted by Gasteiger charge is -2.26. The first-order valence-corrected chi connectivity index (χ1v) is 12.3. The second kappa shape index (κ2) is 10.8. The highest BCUT2D eigenvalue weighted by Crippen LogP contribution is 2.36. The molecular weight excluding hydrogens is 446 g/mol. The molecule has 1 aliphatic rings. The minimum atomic E-state index is 0.0941. The van der Waals surface area contributed by atoms with Crippen LogP contribution in [0.2, 0.25) is 0 Å². The molecule has 1 aliphatic heterocycles. The molecule has 0 aliphatic carbocycles. The Labute approximate surface area is 212 Å². The number of hydrogen-bond donors (Lipinski definition) is 1. The second-order valence-electron chi connectivity index (χ2n) is 9.11. The summed E-state index contributed by atoms with van der Waals surface area (Å²) in [5, 5.41) is 3.64. The summed E-state index contributed by atoms with van der Waals surface area (Å²) in [6.07, 6.45) is 9.15. The van der Waals surface area contributed by atoms with Crippen molar-refractivity contribution >= 4 is 6.08 Å². The Bertz CT molecular complexity index is 1360. The van der Waals surface area contributed by atoms with Crippen LogP contribution in [0.1, 0.15) is 39.7 Å². The van der Waals surface area contributed by atoms with Gasteiger partial charge in [0.15, 0.2) is 11.5 Å². The normalized spacial score (nSPS) is 15.0. The Kier molecular flexibility index (Phi) is 7.10. The van der Waals surface area contributed by atoms with Crippen LogP contribution < -0.4 is 14.8 Å². The monoisotopic (exact) mass is 477 g/mol. The van der Waals surface area contributed by atoms with Crippen LogP contribution in [0.15, 0.2) is 79.1 Å². The van der Waals surface area contributed by atoms with Crippen molar-refractivity contribution in [3.63, 3.8) is 0 Å². The van der Waals surface area contributed by atoms with Crippen molar-refractivity contribution in [1.82, 2.24) is 15.3 Å². The van der Waals surface area contributed by atoms with Crippen molar-refractivity contribution in [3.8, 4) is 22.6 Å². The summed E-state index contributed by atoms with van der Waals surface area (Å²) in [6.45, 7) is 5.46. The minimum Gasteiger partial charge on any atom is -0.493 e. The van der Waals surface area contributed by atoms with Crippen LogP contribution >= 0.6 is 0 Å². The van der Waals surface area contributed by atoms with Gasteiger partial charge in [-0.05, 0) is 71.8 Å². The molecule has 5 rings (SSSR count). The molecule has 5 nitrogen and oxygen atoms in total. The predicted octanol–water partition coefficient (Wildman–Crippen LogP) is 6.25. The third kappa shape index (κ3) is 5.31. The number of aryl methyl sites for hydroxylation is 2. The van der Waals surface area contributed by atoms with Gasteiger partial charge in [-0.2, -0.15) is 0 Å². The van der Waals surface area contributed by atoms with Crippen molar-refractivity contribution in [3.05, 3.63) is 113 Å². The van der Waals surface area contributed by atoms with E-state index in [1.165, 1.54) is 22.3 Å². The molecule has 182 valence electrons. The van der Waals surface area contributed by atoms with Crippen LogP contribution in [0, 0.1) is 13.8 Å². The zero-order valence-corrected chi connectivity index (χ0v) is 21.0. The molecule has 1 atom stereocenters. The van der Waals surface area contributed by atoms with E-state index in [1.807, 2.05) is 37.5 Å².